The van der Waals surface area contributed by atoms with Crippen molar-refractivity contribution in [2.45, 2.75) is 38.3 Å². The Bertz CT molecular complexity index is 269. The molecular formula is C12H18ClNS. The number of halogens is 1. The van der Waals surface area contributed by atoms with Crippen molar-refractivity contribution in [1.82, 2.24) is 4.90 Å². The molecule has 0 saturated heterocycles. The highest BCUT2D eigenvalue weighted by atomic mass is 35.5. The van der Waals surface area contributed by atoms with Gasteiger partial charge in [-0.15, -0.1) is 11.6 Å². The molecule has 0 atom stereocenters. The van der Waals surface area contributed by atoms with Crippen molar-refractivity contribution in [3.63, 3.8) is 0 Å². The van der Waals surface area contributed by atoms with Crippen LogP contribution < -0.4 is 0 Å². The first-order valence-electron chi connectivity index (χ1n) is 5.71. The first-order valence-corrected chi connectivity index (χ1v) is 7.19. The van der Waals surface area contributed by atoms with Gasteiger partial charge in [-0.1, -0.05) is 0 Å². The summed E-state index contributed by atoms with van der Waals surface area (Å²) in [6.45, 7) is 2.35. The molecule has 0 bridgehead atoms. The topological polar surface area (TPSA) is 3.24 Å². The highest BCUT2D eigenvalue weighted by Gasteiger charge is 2.28. The van der Waals surface area contributed by atoms with Gasteiger partial charge in [0, 0.05) is 18.5 Å². The van der Waals surface area contributed by atoms with E-state index in [-0.39, 0.29) is 0 Å². The largest absolute Gasteiger partial charge is 0.296 e. The maximum Gasteiger partial charge on any atom is 0.0244 e. The first kappa shape index (κ1) is 11.4. The Kier molecular flexibility index (Phi) is 4.48. The molecule has 84 valence electrons. The van der Waals surface area contributed by atoms with Gasteiger partial charge in [0.05, 0.1) is 0 Å². The highest BCUT2D eigenvalue weighted by Crippen LogP contribution is 2.28. The molecule has 1 aromatic rings. The van der Waals surface area contributed by atoms with Crippen molar-refractivity contribution in [2.24, 2.45) is 0 Å². The van der Waals surface area contributed by atoms with Crippen LogP contribution in [0.2, 0.25) is 0 Å². The van der Waals surface area contributed by atoms with E-state index in [1.807, 2.05) is 0 Å². The zero-order chi connectivity index (χ0) is 10.5. The molecule has 3 heteroatoms. The molecule has 2 rings (SSSR count). The summed E-state index contributed by atoms with van der Waals surface area (Å²) in [6.07, 6.45) is 5.18. The molecule has 1 aliphatic carbocycles. The van der Waals surface area contributed by atoms with Crippen molar-refractivity contribution < 1.29 is 0 Å². The van der Waals surface area contributed by atoms with Gasteiger partial charge in [0.15, 0.2) is 0 Å². The molecule has 1 fully saturated rings. The van der Waals surface area contributed by atoms with Gasteiger partial charge in [-0.25, -0.2) is 0 Å². The zero-order valence-corrected chi connectivity index (χ0v) is 10.6. The number of alkyl halides is 1. The van der Waals surface area contributed by atoms with Gasteiger partial charge in [-0.2, -0.15) is 11.3 Å². The fourth-order valence-corrected chi connectivity index (χ4v) is 2.71. The van der Waals surface area contributed by atoms with Crippen molar-refractivity contribution >= 4 is 22.9 Å². The Morgan fingerprint density at radius 1 is 1.40 bits per heavy atom. The second-order valence-corrected chi connectivity index (χ2v) is 5.39. The van der Waals surface area contributed by atoms with E-state index >= 15 is 0 Å². The predicted molar refractivity (Wildman–Crippen MR) is 67.7 cm³/mol. The summed E-state index contributed by atoms with van der Waals surface area (Å²) in [5, 5.41) is 4.43. The van der Waals surface area contributed by atoms with E-state index in [4.69, 9.17) is 11.6 Å². The highest BCUT2D eigenvalue weighted by molar-refractivity contribution is 7.07. The van der Waals surface area contributed by atoms with Gasteiger partial charge >= 0.3 is 0 Å². The van der Waals surface area contributed by atoms with Crippen molar-refractivity contribution in [2.75, 3.05) is 12.4 Å². The Labute approximate surface area is 101 Å². The Balaban J connectivity index is 1.78. The summed E-state index contributed by atoms with van der Waals surface area (Å²) in [6, 6.07) is 3.10. The standard InChI is InChI=1S/C12H18ClNS/c13-6-1-2-7-14(12-3-4-12)9-11-5-8-15-10-11/h5,8,10,12H,1-4,6-7,9H2. The minimum Gasteiger partial charge on any atom is -0.296 e. The maximum atomic E-state index is 5.71. The van der Waals surface area contributed by atoms with Gasteiger partial charge in [0.25, 0.3) is 0 Å². The monoisotopic (exact) mass is 243 g/mol. The van der Waals surface area contributed by atoms with Gasteiger partial charge in [-0.3, -0.25) is 4.90 Å². The third-order valence-electron chi connectivity index (χ3n) is 2.86. The molecule has 1 saturated carbocycles. The SMILES string of the molecule is ClCCCCN(Cc1ccsc1)C1CC1. The van der Waals surface area contributed by atoms with Crippen LogP contribution in [-0.2, 0) is 6.54 Å². The van der Waals surface area contributed by atoms with E-state index in [0.29, 0.717) is 0 Å². The van der Waals surface area contributed by atoms with Gasteiger partial charge in [-0.05, 0) is 54.6 Å². The molecule has 1 aliphatic rings. The quantitative estimate of drug-likeness (QED) is 0.521. The van der Waals surface area contributed by atoms with Crippen LogP contribution in [-0.4, -0.2) is 23.4 Å². The Morgan fingerprint density at radius 2 is 2.27 bits per heavy atom. The van der Waals surface area contributed by atoms with Gasteiger partial charge in [0.1, 0.15) is 0 Å². The summed E-state index contributed by atoms with van der Waals surface area (Å²) in [7, 11) is 0. The van der Waals surface area contributed by atoms with Crippen molar-refractivity contribution in [3.8, 4) is 0 Å². The van der Waals surface area contributed by atoms with Crippen molar-refractivity contribution in [3.05, 3.63) is 22.4 Å². The van der Waals surface area contributed by atoms with Crippen LogP contribution in [0.25, 0.3) is 0 Å². The number of rotatable bonds is 7. The summed E-state index contributed by atoms with van der Waals surface area (Å²) >= 11 is 7.50. The molecule has 0 N–H and O–H groups in total. The van der Waals surface area contributed by atoms with Crippen LogP contribution in [0.1, 0.15) is 31.2 Å². The minimum absolute atomic E-state index is 0.803. The molecule has 1 heterocycles. The van der Waals surface area contributed by atoms with E-state index in [0.717, 1.165) is 24.9 Å². The van der Waals surface area contributed by atoms with Crippen LogP contribution in [0, 0.1) is 0 Å². The summed E-state index contributed by atoms with van der Waals surface area (Å²) < 4.78 is 0. The molecule has 1 nitrogen and oxygen atoms in total. The van der Waals surface area contributed by atoms with Gasteiger partial charge < -0.3 is 0 Å². The molecule has 0 amide bonds. The molecule has 0 aromatic carbocycles. The van der Waals surface area contributed by atoms with Crippen molar-refractivity contribution in [1.29, 1.82) is 0 Å². The number of unbranched alkanes of at least 4 members (excludes halogenated alkanes) is 1. The number of hydrogen-bond acceptors (Lipinski definition) is 2. The van der Waals surface area contributed by atoms with Crippen LogP contribution in [0.4, 0.5) is 0 Å². The lowest BCUT2D eigenvalue weighted by Crippen LogP contribution is -2.26. The first-order chi connectivity index (χ1) is 7.40. The third-order valence-corrected chi connectivity index (χ3v) is 3.86. The third kappa shape index (κ3) is 3.78. The smallest absolute Gasteiger partial charge is 0.0244 e. The molecule has 1 aromatic heterocycles. The van der Waals surface area contributed by atoms with E-state index in [1.165, 1.54) is 31.4 Å². The molecule has 15 heavy (non-hydrogen) atoms. The zero-order valence-electron chi connectivity index (χ0n) is 8.99. The molecule has 0 radical (unpaired) electrons. The lowest BCUT2D eigenvalue weighted by molar-refractivity contribution is 0.251. The van der Waals surface area contributed by atoms with Gasteiger partial charge in [0.2, 0.25) is 0 Å². The second-order valence-electron chi connectivity index (χ2n) is 4.23. The Morgan fingerprint density at radius 3 is 2.87 bits per heavy atom. The number of hydrogen-bond donors (Lipinski definition) is 0. The Hall–Kier alpha value is -0.0500. The average molecular weight is 244 g/mol. The lowest BCUT2D eigenvalue weighted by Gasteiger charge is -2.21. The maximum absolute atomic E-state index is 5.71. The van der Waals surface area contributed by atoms with E-state index < -0.39 is 0 Å². The summed E-state index contributed by atoms with van der Waals surface area (Å²) in [5.41, 5.74) is 1.47. The van der Waals surface area contributed by atoms with E-state index in [1.54, 1.807) is 11.3 Å². The molecule has 0 unspecified atom stereocenters. The molecule has 0 aliphatic heterocycles. The predicted octanol–water partition coefficient (Wildman–Crippen LogP) is 3.73. The van der Waals surface area contributed by atoms with Crippen LogP contribution >= 0.6 is 22.9 Å². The van der Waals surface area contributed by atoms with Crippen LogP contribution in [0.5, 0.6) is 0 Å². The minimum atomic E-state index is 0.803. The normalized spacial score (nSPS) is 16.1. The number of thiophene rings is 1. The number of nitrogens with zero attached hydrogens (tertiary/aromatic N) is 1. The molecular weight excluding hydrogens is 226 g/mol. The van der Waals surface area contributed by atoms with Crippen LogP contribution in [0.3, 0.4) is 0 Å². The summed E-state index contributed by atoms with van der Waals surface area (Å²) in [4.78, 5) is 2.62. The van der Waals surface area contributed by atoms with E-state index in [9.17, 15) is 0 Å². The summed E-state index contributed by atoms with van der Waals surface area (Å²) in [5.74, 6) is 0.803. The average Bonchev–Trinajstić information content (AvgIpc) is 2.97. The lowest BCUT2D eigenvalue weighted by atomic mass is 10.2. The second kappa shape index (κ2) is 5.88. The van der Waals surface area contributed by atoms with Crippen LogP contribution in [0.15, 0.2) is 16.8 Å². The van der Waals surface area contributed by atoms with E-state index in [2.05, 4.69) is 21.7 Å². The fourth-order valence-electron chi connectivity index (χ4n) is 1.86. The molecule has 0 spiro atoms. The fraction of sp³-hybridized carbons (Fsp3) is 0.667.